The summed E-state index contributed by atoms with van der Waals surface area (Å²) < 4.78 is 0. The van der Waals surface area contributed by atoms with Gasteiger partial charge >= 0.3 is 6.03 Å². The smallest absolute Gasteiger partial charge is 0.317 e. The highest BCUT2D eigenvalue weighted by atomic mass is 16.2. The van der Waals surface area contributed by atoms with Crippen molar-refractivity contribution in [3.05, 3.63) is 76.9 Å². The molecule has 1 heterocycles. The number of hydrogen-bond donors (Lipinski definition) is 1. The normalized spacial score (nSPS) is 17.5. The molecule has 0 atom stereocenters. The zero-order valence-electron chi connectivity index (χ0n) is 20.4. The minimum absolute atomic E-state index is 0.00485. The van der Waals surface area contributed by atoms with Gasteiger partial charge in [0.15, 0.2) is 0 Å². The molecule has 0 radical (unpaired) electrons. The van der Waals surface area contributed by atoms with E-state index < -0.39 is 0 Å². The summed E-state index contributed by atoms with van der Waals surface area (Å²) in [5, 5.41) is 3.14. The quantitative estimate of drug-likeness (QED) is 0.482. The molecule has 4 rings (SSSR count). The van der Waals surface area contributed by atoms with Crippen LogP contribution >= 0.6 is 0 Å². The molecule has 1 aliphatic carbocycles. The Hall–Kier alpha value is -2.59. The SMILES string of the molecule is Cc1ccc(CN(C(=O)Nc2ccc(C)cc2)C2CCN(CCC3=CCCCC3)CC2)cc1. The van der Waals surface area contributed by atoms with Gasteiger partial charge in [0.2, 0.25) is 0 Å². The number of amides is 2. The van der Waals surface area contributed by atoms with Gasteiger partial charge in [-0.3, -0.25) is 0 Å². The maximum absolute atomic E-state index is 13.4. The van der Waals surface area contributed by atoms with Gasteiger partial charge in [0.05, 0.1) is 0 Å². The van der Waals surface area contributed by atoms with Crippen molar-refractivity contribution in [3.8, 4) is 0 Å². The van der Waals surface area contributed by atoms with Crippen LogP contribution in [0.3, 0.4) is 0 Å². The van der Waals surface area contributed by atoms with Gasteiger partial charge in [-0.25, -0.2) is 4.79 Å². The molecule has 0 spiro atoms. The Balaban J connectivity index is 1.38. The van der Waals surface area contributed by atoms with Crippen LogP contribution in [0.5, 0.6) is 0 Å². The number of rotatable bonds is 7. The summed E-state index contributed by atoms with van der Waals surface area (Å²) in [6, 6.07) is 16.9. The molecule has 1 N–H and O–H groups in total. The molecule has 0 saturated carbocycles. The Morgan fingerprint density at radius 1 is 0.970 bits per heavy atom. The zero-order valence-corrected chi connectivity index (χ0v) is 20.4. The van der Waals surface area contributed by atoms with Gasteiger partial charge in [-0.2, -0.15) is 0 Å². The Morgan fingerprint density at radius 3 is 2.27 bits per heavy atom. The third kappa shape index (κ3) is 6.94. The summed E-state index contributed by atoms with van der Waals surface area (Å²) >= 11 is 0. The van der Waals surface area contributed by atoms with E-state index in [0.29, 0.717) is 6.54 Å². The van der Waals surface area contributed by atoms with E-state index >= 15 is 0 Å². The number of piperidine rings is 1. The zero-order chi connectivity index (χ0) is 23.0. The first-order valence-corrected chi connectivity index (χ1v) is 12.7. The molecule has 2 aliphatic rings. The number of nitrogens with one attached hydrogen (secondary N) is 1. The lowest BCUT2D eigenvalue weighted by Gasteiger charge is -2.39. The van der Waals surface area contributed by atoms with E-state index in [-0.39, 0.29) is 12.1 Å². The summed E-state index contributed by atoms with van der Waals surface area (Å²) in [7, 11) is 0. The molecule has 0 aromatic heterocycles. The van der Waals surface area contributed by atoms with Crippen LogP contribution in [0.15, 0.2) is 60.2 Å². The van der Waals surface area contributed by atoms with Crippen molar-refractivity contribution >= 4 is 11.7 Å². The van der Waals surface area contributed by atoms with Gasteiger partial charge in [-0.15, -0.1) is 0 Å². The number of likely N-dealkylation sites (tertiary alicyclic amines) is 1. The number of urea groups is 1. The molecule has 2 amide bonds. The Bertz CT molecular complexity index is 924. The first kappa shape index (κ1) is 23.6. The van der Waals surface area contributed by atoms with Crippen molar-refractivity contribution in [2.24, 2.45) is 0 Å². The largest absolute Gasteiger partial charge is 0.322 e. The number of carbonyl (C=O) groups excluding carboxylic acids is 1. The summed E-state index contributed by atoms with van der Waals surface area (Å²) in [5.41, 5.74) is 6.14. The molecule has 1 aliphatic heterocycles. The first-order chi connectivity index (χ1) is 16.1. The number of aryl methyl sites for hydroxylation is 2. The van der Waals surface area contributed by atoms with E-state index in [1.54, 1.807) is 5.57 Å². The van der Waals surface area contributed by atoms with E-state index in [9.17, 15) is 4.79 Å². The molecule has 4 heteroatoms. The summed E-state index contributed by atoms with van der Waals surface area (Å²) in [4.78, 5) is 18.0. The molecule has 2 aromatic carbocycles. The molecule has 1 saturated heterocycles. The average Bonchev–Trinajstić information content (AvgIpc) is 2.85. The Kier molecular flexibility index (Phi) is 8.22. The fraction of sp³-hybridized carbons (Fsp3) is 0.483. The van der Waals surface area contributed by atoms with Gasteiger partial charge in [0.1, 0.15) is 0 Å². The molecule has 0 unspecified atom stereocenters. The number of benzene rings is 2. The predicted molar refractivity (Wildman–Crippen MR) is 138 cm³/mol. The first-order valence-electron chi connectivity index (χ1n) is 12.7. The molecule has 33 heavy (non-hydrogen) atoms. The summed E-state index contributed by atoms with van der Waals surface area (Å²) in [5.74, 6) is 0. The molecule has 176 valence electrons. The van der Waals surface area contributed by atoms with Crippen molar-refractivity contribution in [3.63, 3.8) is 0 Å². The van der Waals surface area contributed by atoms with Gasteiger partial charge < -0.3 is 15.1 Å². The van der Waals surface area contributed by atoms with Crippen LogP contribution in [0.1, 0.15) is 61.6 Å². The van der Waals surface area contributed by atoms with E-state index in [1.807, 2.05) is 24.3 Å². The van der Waals surface area contributed by atoms with Crippen LogP contribution in [0, 0.1) is 13.8 Å². The topological polar surface area (TPSA) is 35.6 Å². The van der Waals surface area contributed by atoms with Crippen LogP contribution in [-0.4, -0.2) is 41.5 Å². The second-order valence-corrected chi connectivity index (χ2v) is 9.84. The second-order valence-electron chi connectivity index (χ2n) is 9.84. The molecule has 1 fully saturated rings. The third-order valence-corrected chi connectivity index (χ3v) is 7.17. The second kappa shape index (κ2) is 11.5. The third-order valence-electron chi connectivity index (χ3n) is 7.17. The van der Waals surface area contributed by atoms with Crippen LogP contribution in [0.2, 0.25) is 0 Å². The van der Waals surface area contributed by atoms with Crippen LogP contribution < -0.4 is 5.32 Å². The van der Waals surface area contributed by atoms with Crippen LogP contribution in [-0.2, 0) is 6.54 Å². The van der Waals surface area contributed by atoms with Gasteiger partial charge in [0, 0.05) is 37.9 Å². The standard InChI is InChI=1S/C29H39N3O/c1-23-8-12-26(13-9-23)22-32(29(33)30-27-14-10-24(2)11-15-27)28-17-20-31(21-18-28)19-16-25-6-4-3-5-7-25/h6,8-15,28H,3-5,7,16-22H2,1-2H3,(H,30,33). The lowest BCUT2D eigenvalue weighted by molar-refractivity contribution is 0.124. The van der Waals surface area contributed by atoms with Crippen LogP contribution in [0.25, 0.3) is 0 Å². The highest BCUT2D eigenvalue weighted by Crippen LogP contribution is 2.24. The molecular formula is C29H39N3O. The van der Waals surface area contributed by atoms with E-state index in [4.69, 9.17) is 0 Å². The van der Waals surface area contributed by atoms with E-state index in [2.05, 4.69) is 59.3 Å². The molecule has 0 bridgehead atoms. The molecule has 4 nitrogen and oxygen atoms in total. The fourth-order valence-corrected chi connectivity index (χ4v) is 4.98. The number of allylic oxidation sites excluding steroid dienone is 1. The van der Waals surface area contributed by atoms with Crippen molar-refractivity contribution < 1.29 is 4.79 Å². The number of hydrogen-bond acceptors (Lipinski definition) is 2. The maximum Gasteiger partial charge on any atom is 0.322 e. The van der Waals surface area contributed by atoms with Gasteiger partial charge in [-0.05, 0) is 76.5 Å². The van der Waals surface area contributed by atoms with Gasteiger partial charge in [-0.1, -0.05) is 59.2 Å². The lowest BCUT2D eigenvalue weighted by atomic mass is 9.96. The van der Waals surface area contributed by atoms with Crippen molar-refractivity contribution in [2.75, 3.05) is 25.0 Å². The lowest BCUT2D eigenvalue weighted by Crippen LogP contribution is -2.48. The minimum Gasteiger partial charge on any atom is -0.317 e. The van der Waals surface area contributed by atoms with Gasteiger partial charge in [0.25, 0.3) is 0 Å². The van der Waals surface area contributed by atoms with Crippen molar-refractivity contribution in [2.45, 2.75) is 71.4 Å². The Morgan fingerprint density at radius 2 is 1.64 bits per heavy atom. The minimum atomic E-state index is 0.00485. The number of nitrogens with zero attached hydrogens (tertiary/aromatic N) is 2. The maximum atomic E-state index is 13.4. The van der Waals surface area contributed by atoms with Crippen molar-refractivity contribution in [1.82, 2.24) is 9.80 Å². The molecular weight excluding hydrogens is 406 g/mol. The highest BCUT2D eigenvalue weighted by Gasteiger charge is 2.28. The fourth-order valence-electron chi connectivity index (χ4n) is 4.98. The number of carbonyl (C=O) groups is 1. The number of anilines is 1. The average molecular weight is 446 g/mol. The van der Waals surface area contributed by atoms with E-state index in [0.717, 1.165) is 38.2 Å². The predicted octanol–water partition coefficient (Wildman–Crippen LogP) is 6.69. The molecule has 2 aromatic rings. The summed E-state index contributed by atoms with van der Waals surface area (Å²) in [6.45, 7) is 8.11. The summed E-state index contributed by atoms with van der Waals surface area (Å²) in [6.07, 6.45) is 11.0. The Labute approximate surface area is 199 Å². The van der Waals surface area contributed by atoms with Crippen LogP contribution in [0.4, 0.5) is 10.5 Å². The van der Waals surface area contributed by atoms with Crippen molar-refractivity contribution in [1.29, 1.82) is 0 Å². The highest BCUT2D eigenvalue weighted by molar-refractivity contribution is 5.89. The van der Waals surface area contributed by atoms with E-state index in [1.165, 1.54) is 48.8 Å². The monoisotopic (exact) mass is 445 g/mol.